The highest BCUT2D eigenvalue weighted by Crippen LogP contribution is 2.26. The van der Waals surface area contributed by atoms with Gasteiger partial charge in [0.25, 0.3) is 0 Å². The molecule has 1 saturated heterocycles. The molecule has 0 aromatic heterocycles. The van der Waals surface area contributed by atoms with Gasteiger partial charge < -0.3 is 15.7 Å². The molecule has 0 bridgehead atoms. The van der Waals surface area contributed by atoms with Gasteiger partial charge in [0.05, 0.1) is 12.6 Å². The van der Waals surface area contributed by atoms with E-state index in [-0.39, 0.29) is 30.4 Å². The lowest BCUT2D eigenvalue weighted by atomic mass is 9.84. The minimum absolute atomic E-state index is 0.0139. The number of carbonyl (C=O) groups is 2. The van der Waals surface area contributed by atoms with Crippen LogP contribution >= 0.6 is 0 Å². The van der Waals surface area contributed by atoms with Crippen molar-refractivity contribution in [1.82, 2.24) is 10.6 Å². The van der Waals surface area contributed by atoms with E-state index in [0.29, 0.717) is 6.42 Å². The second-order valence-corrected chi connectivity index (χ2v) is 4.31. The summed E-state index contributed by atoms with van der Waals surface area (Å²) in [6.45, 7) is -0.0679. The van der Waals surface area contributed by atoms with Gasteiger partial charge in [0.2, 0.25) is 11.8 Å². The molecule has 0 aromatic rings. The van der Waals surface area contributed by atoms with E-state index in [1.807, 2.05) is 0 Å². The highest BCUT2D eigenvalue weighted by atomic mass is 16.3. The van der Waals surface area contributed by atoms with Gasteiger partial charge in [-0.15, -0.1) is 0 Å². The van der Waals surface area contributed by atoms with Crippen LogP contribution in [0.1, 0.15) is 25.7 Å². The molecule has 15 heavy (non-hydrogen) atoms. The molecule has 1 aliphatic heterocycles. The van der Waals surface area contributed by atoms with Gasteiger partial charge in [0, 0.05) is 5.92 Å². The zero-order valence-corrected chi connectivity index (χ0v) is 8.53. The van der Waals surface area contributed by atoms with E-state index in [1.165, 1.54) is 0 Å². The topological polar surface area (TPSA) is 78.4 Å². The summed E-state index contributed by atoms with van der Waals surface area (Å²) in [5.41, 5.74) is 0. The molecule has 2 unspecified atom stereocenters. The molecule has 0 spiro atoms. The fourth-order valence-corrected chi connectivity index (χ4v) is 1.96. The van der Waals surface area contributed by atoms with E-state index in [0.717, 1.165) is 19.3 Å². The highest BCUT2D eigenvalue weighted by Gasteiger charge is 2.35. The van der Waals surface area contributed by atoms with E-state index in [4.69, 9.17) is 5.11 Å². The first-order valence-electron chi connectivity index (χ1n) is 5.42. The Bertz CT molecular complexity index is 276. The van der Waals surface area contributed by atoms with Crippen LogP contribution < -0.4 is 10.6 Å². The lowest BCUT2D eigenvalue weighted by Gasteiger charge is -2.25. The van der Waals surface area contributed by atoms with Crippen molar-refractivity contribution in [2.45, 2.75) is 37.8 Å². The van der Waals surface area contributed by atoms with Gasteiger partial charge in [0.1, 0.15) is 6.04 Å². The molecule has 3 N–H and O–H groups in total. The Morgan fingerprint density at radius 3 is 2.73 bits per heavy atom. The summed E-state index contributed by atoms with van der Waals surface area (Å²) in [7, 11) is 0. The number of aliphatic hydroxyl groups excluding tert-OH is 1. The van der Waals surface area contributed by atoms with Crippen molar-refractivity contribution in [3.05, 3.63) is 0 Å². The van der Waals surface area contributed by atoms with Crippen molar-refractivity contribution in [1.29, 1.82) is 0 Å². The Morgan fingerprint density at radius 2 is 2.27 bits per heavy atom. The Balaban J connectivity index is 1.83. The number of rotatable bonds is 3. The maximum Gasteiger partial charge on any atom is 0.242 e. The molecule has 2 rings (SSSR count). The van der Waals surface area contributed by atoms with Gasteiger partial charge in [-0.1, -0.05) is 6.42 Å². The quantitative estimate of drug-likeness (QED) is 0.570. The molecule has 5 nitrogen and oxygen atoms in total. The molecule has 0 radical (unpaired) electrons. The average Bonchev–Trinajstić information content (AvgIpc) is 2.44. The highest BCUT2D eigenvalue weighted by molar-refractivity contribution is 5.90. The smallest absolute Gasteiger partial charge is 0.242 e. The van der Waals surface area contributed by atoms with Gasteiger partial charge >= 0.3 is 0 Å². The molecule has 1 aliphatic carbocycles. The first-order chi connectivity index (χ1) is 7.20. The molecule has 2 aliphatic rings. The third-order valence-electron chi connectivity index (χ3n) is 3.20. The summed E-state index contributed by atoms with van der Waals surface area (Å²) in [4.78, 5) is 22.9. The number of hydrogen-bond acceptors (Lipinski definition) is 3. The summed E-state index contributed by atoms with van der Waals surface area (Å²) in [6.07, 6.45) is 3.47. The predicted molar refractivity (Wildman–Crippen MR) is 52.9 cm³/mol. The monoisotopic (exact) mass is 212 g/mol. The summed E-state index contributed by atoms with van der Waals surface area (Å²) in [5.74, 6) is -0.0901. The first kappa shape index (κ1) is 10.4. The van der Waals surface area contributed by atoms with Gasteiger partial charge in [-0.3, -0.25) is 9.59 Å². The van der Waals surface area contributed by atoms with Crippen LogP contribution in [0, 0.1) is 5.92 Å². The van der Waals surface area contributed by atoms with Crippen molar-refractivity contribution < 1.29 is 14.7 Å². The SMILES string of the molecule is O=C(NC1CC(CO)NC1=O)C1CCC1. The minimum atomic E-state index is -0.449. The van der Waals surface area contributed by atoms with E-state index < -0.39 is 6.04 Å². The van der Waals surface area contributed by atoms with Crippen LogP contribution in [-0.2, 0) is 9.59 Å². The van der Waals surface area contributed by atoms with Gasteiger partial charge in [-0.25, -0.2) is 0 Å². The predicted octanol–water partition coefficient (Wildman–Crippen LogP) is -0.848. The summed E-state index contributed by atoms with van der Waals surface area (Å²) < 4.78 is 0. The van der Waals surface area contributed by atoms with Crippen LogP contribution in [0.5, 0.6) is 0 Å². The number of amides is 2. The molecule has 84 valence electrons. The number of nitrogens with one attached hydrogen (secondary N) is 2. The zero-order valence-electron chi connectivity index (χ0n) is 8.53. The molecule has 5 heteroatoms. The summed E-state index contributed by atoms with van der Waals surface area (Å²) in [5, 5.41) is 14.2. The number of carbonyl (C=O) groups excluding carboxylic acids is 2. The largest absolute Gasteiger partial charge is 0.394 e. The molecular formula is C10H16N2O3. The van der Waals surface area contributed by atoms with E-state index in [1.54, 1.807) is 0 Å². The fourth-order valence-electron chi connectivity index (χ4n) is 1.96. The molecule has 2 amide bonds. The van der Waals surface area contributed by atoms with Crippen molar-refractivity contribution in [3.8, 4) is 0 Å². The van der Waals surface area contributed by atoms with Crippen LogP contribution in [0.3, 0.4) is 0 Å². The molecular weight excluding hydrogens is 196 g/mol. The van der Waals surface area contributed by atoms with Crippen LogP contribution in [0.15, 0.2) is 0 Å². The molecule has 2 fully saturated rings. The molecule has 1 saturated carbocycles. The van der Waals surface area contributed by atoms with Crippen LogP contribution in [0.2, 0.25) is 0 Å². The fraction of sp³-hybridized carbons (Fsp3) is 0.800. The van der Waals surface area contributed by atoms with E-state index in [2.05, 4.69) is 10.6 Å². The normalized spacial score (nSPS) is 30.9. The van der Waals surface area contributed by atoms with Gasteiger partial charge in [-0.2, -0.15) is 0 Å². The third-order valence-corrected chi connectivity index (χ3v) is 3.20. The Hall–Kier alpha value is -1.10. The Morgan fingerprint density at radius 1 is 1.53 bits per heavy atom. The maximum absolute atomic E-state index is 11.6. The molecule has 1 heterocycles. The van der Waals surface area contributed by atoms with Crippen LogP contribution in [0.25, 0.3) is 0 Å². The van der Waals surface area contributed by atoms with Crippen LogP contribution in [0.4, 0.5) is 0 Å². The van der Waals surface area contributed by atoms with Crippen molar-refractivity contribution in [2.75, 3.05) is 6.61 Å². The second kappa shape index (κ2) is 4.18. The summed E-state index contributed by atoms with van der Waals surface area (Å²) in [6, 6.07) is -0.653. The number of hydrogen-bond donors (Lipinski definition) is 3. The standard InChI is InChI=1S/C10H16N2O3/c13-5-7-4-8(10(15)11-7)12-9(14)6-2-1-3-6/h6-8,13H,1-5H2,(H,11,15)(H,12,14). The van der Waals surface area contributed by atoms with Gasteiger partial charge in [-0.05, 0) is 19.3 Å². The lowest BCUT2D eigenvalue weighted by Crippen LogP contribution is -2.44. The third kappa shape index (κ3) is 2.12. The lowest BCUT2D eigenvalue weighted by molar-refractivity contribution is -0.131. The minimum Gasteiger partial charge on any atom is -0.394 e. The number of aliphatic hydroxyl groups is 1. The Labute approximate surface area is 88.2 Å². The van der Waals surface area contributed by atoms with Crippen molar-refractivity contribution in [3.63, 3.8) is 0 Å². The average molecular weight is 212 g/mol. The Kier molecular flexibility index (Phi) is 2.90. The van der Waals surface area contributed by atoms with Crippen molar-refractivity contribution in [2.24, 2.45) is 5.92 Å². The van der Waals surface area contributed by atoms with E-state index in [9.17, 15) is 9.59 Å². The molecule has 2 atom stereocenters. The first-order valence-corrected chi connectivity index (χ1v) is 5.42. The molecule has 0 aromatic carbocycles. The van der Waals surface area contributed by atoms with Crippen molar-refractivity contribution >= 4 is 11.8 Å². The zero-order chi connectivity index (χ0) is 10.8. The van der Waals surface area contributed by atoms with Gasteiger partial charge in [0.15, 0.2) is 0 Å². The second-order valence-electron chi connectivity index (χ2n) is 4.31. The van der Waals surface area contributed by atoms with E-state index >= 15 is 0 Å². The maximum atomic E-state index is 11.6. The van der Waals surface area contributed by atoms with Crippen LogP contribution in [-0.4, -0.2) is 35.6 Å². The summed E-state index contributed by atoms with van der Waals surface area (Å²) >= 11 is 0.